The number of carboxylic acid groups (broad SMARTS) is 1. The molecule has 0 amide bonds. The minimum Gasteiger partial charge on any atom is -0.481 e. The van der Waals surface area contributed by atoms with Gasteiger partial charge in [-0.05, 0) is 12.8 Å². The Bertz CT molecular complexity index is 202. The molecular weight excluding hydrogens is 168 g/mol. The van der Waals surface area contributed by atoms with E-state index in [0.717, 1.165) is 25.7 Å². The molecule has 13 heavy (non-hydrogen) atoms. The lowest BCUT2D eigenvalue weighted by Crippen LogP contribution is -2.49. The summed E-state index contributed by atoms with van der Waals surface area (Å²) in [6.07, 6.45) is 5.06. The lowest BCUT2D eigenvalue weighted by molar-refractivity contribution is -0.172. The molecule has 3 heteroatoms. The van der Waals surface area contributed by atoms with Gasteiger partial charge in [0.25, 0.3) is 0 Å². The van der Waals surface area contributed by atoms with Crippen LogP contribution in [0.3, 0.4) is 0 Å². The summed E-state index contributed by atoms with van der Waals surface area (Å²) >= 11 is 0. The fraction of sp³-hybridized carbons (Fsp3) is 0.900. The highest BCUT2D eigenvalue weighted by Gasteiger charge is 2.49. The van der Waals surface area contributed by atoms with Crippen LogP contribution in [0.25, 0.3) is 0 Å². The molecule has 2 fully saturated rings. The molecule has 3 nitrogen and oxygen atoms in total. The maximum Gasteiger partial charge on any atom is 0.310 e. The van der Waals surface area contributed by atoms with Gasteiger partial charge in [0.2, 0.25) is 0 Å². The number of aliphatic carboxylic acids is 1. The molecule has 0 atom stereocenters. The van der Waals surface area contributed by atoms with Crippen molar-refractivity contribution in [2.75, 3.05) is 13.2 Å². The van der Waals surface area contributed by atoms with Gasteiger partial charge in [-0.25, -0.2) is 0 Å². The van der Waals surface area contributed by atoms with Gasteiger partial charge in [-0.2, -0.15) is 0 Å². The summed E-state index contributed by atoms with van der Waals surface area (Å²) in [5.74, 6) is -0.314. The molecule has 0 aromatic heterocycles. The molecular formula is C10H16O3. The molecule has 2 aliphatic rings. The van der Waals surface area contributed by atoms with Crippen molar-refractivity contribution in [3.05, 3.63) is 0 Å². The van der Waals surface area contributed by atoms with Gasteiger partial charge in [0.05, 0.1) is 18.6 Å². The van der Waals surface area contributed by atoms with Crippen LogP contribution in [-0.4, -0.2) is 24.3 Å². The van der Waals surface area contributed by atoms with Crippen LogP contribution in [0.5, 0.6) is 0 Å². The molecule has 1 aliphatic heterocycles. The monoisotopic (exact) mass is 184 g/mol. The number of hydrogen-bond donors (Lipinski definition) is 1. The minimum absolute atomic E-state index is 0.283. The first-order valence-corrected chi connectivity index (χ1v) is 5.07. The Morgan fingerprint density at radius 1 is 1.23 bits per heavy atom. The molecule has 0 aromatic carbocycles. The van der Waals surface area contributed by atoms with Crippen LogP contribution in [0.1, 0.15) is 32.1 Å². The van der Waals surface area contributed by atoms with E-state index in [1.54, 1.807) is 0 Å². The number of carboxylic acids is 1. The molecule has 0 radical (unpaired) electrons. The third-order valence-corrected chi connectivity index (χ3v) is 3.59. The van der Waals surface area contributed by atoms with Crippen molar-refractivity contribution >= 4 is 5.97 Å². The van der Waals surface area contributed by atoms with Crippen molar-refractivity contribution in [3.8, 4) is 0 Å². The molecule has 0 aromatic rings. The van der Waals surface area contributed by atoms with Crippen LogP contribution in [0, 0.1) is 11.3 Å². The van der Waals surface area contributed by atoms with Crippen LogP contribution in [0.15, 0.2) is 0 Å². The number of rotatable bonds is 2. The van der Waals surface area contributed by atoms with Gasteiger partial charge in [-0.3, -0.25) is 4.79 Å². The van der Waals surface area contributed by atoms with Crippen molar-refractivity contribution in [1.82, 2.24) is 0 Å². The van der Waals surface area contributed by atoms with Crippen molar-refractivity contribution < 1.29 is 14.6 Å². The molecule has 1 saturated heterocycles. The van der Waals surface area contributed by atoms with E-state index in [2.05, 4.69) is 0 Å². The SMILES string of the molecule is O=C(O)C1(C2COC2)CCCCC1. The van der Waals surface area contributed by atoms with Gasteiger partial charge >= 0.3 is 5.97 Å². The van der Waals surface area contributed by atoms with Gasteiger partial charge in [0.15, 0.2) is 0 Å². The second-order valence-electron chi connectivity index (χ2n) is 4.26. The van der Waals surface area contributed by atoms with E-state index >= 15 is 0 Å². The average Bonchev–Trinajstić information content (AvgIpc) is 2.02. The molecule has 0 spiro atoms. The maximum atomic E-state index is 11.3. The summed E-state index contributed by atoms with van der Waals surface area (Å²) in [6, 6.07) is 0. The van der Waals surface area contributed by atoms with Gasteiger partial charge in [-0.1, -0.05) is 19.3 Å². The minimum atomic E-state index is -0.597. The molecule has 1 N–H and O–H groups in total. The Labute approximate surface area is 78.1 Å². The number of hydrogen-bond acceptors (Lipinski definition) is 2. The lowest BCUT2D eigenvalue weighted by atomic mass is 9.65. The third kappa shape index (κ3) is 1.35. The smallest absolute Gasteiger partial charge is 0.310 e. The second-order valence-corrected chi connectivity index (χ2v) is 4.26. The average molecular weight is 184 g/mol. The first-order chi connectivity index (χ1) is 6.26. The predicted octanol–water partition coefficient (Wildman–Crippen LogP) is 1.67. The van der Waals surface area contributed by atoms with Crippen molar-refractivity contribution in [2.45, 2.75) is 32.1 Å². The second kappa shape index (κ2) is 3.29. The van der Waals surface area contributed by atoms with E-state index in [9.17, 15) is 9.90 Å². The molecule has 0 unspecified atom stereocenters. The molecule has 1 saturated carbocycles. The van der Waals surface area contributed by atoms with E-state index in [1.807, 2.05) is 0 Å². The van der Waals surface area contributed by atoms with Crippen LogP contribution in [0.2, 0.25) is 0 Å². The zero-order valence-corrected chi connectivity index (χ0v) is 7.79. The Kier molecular flexibility index (Phi) is 2.28. The van der Waals surface area contributed by atoms with E-state index in [0.29, 0.717) is 13.2 Å². The summed E-state index contributed by atoms with van der Waals surface area (Å²) in [5.41, 5.74) is -0.434. The third-order valence-electron chi connectivity index (χ3n) is 3.59. The molecule has 1 heterocycles. The van der Waals surface area contributed by atoms with Gasteiger partial charge in [0, 0.05) is 5.92 Å². The van der Waals surface area contributed by atoms with E-state index in [4.69, 9.17) is 4.74 Å². The zero-order valence-electron chi connectivity index (χ0n) is 7.79. The van der Waals surface area contributed by atoms with Crippen molar-refractivity contribution in [1.29, 1.82) is 0 Å². The highest BCUT2D eigenvalue weighted by atomic mass is 16.5. The highest BCUT2D eigenvalue weighted by molar-refractivity contribution is 5.75. The predicted molar refractivity (Wildman–Crippen MR) is 47.5 cm³/mol. The highest BCUT2D eigenvalue weighted by Crippen LogP contribution is 2.45. The van der Waals surface area contributed by atoms with Crippen LogP contribution in [0.4, 0.5) is 0 Å². The largest absolute Gasteiger partial charge is 0.481 e. The molecule has 2 rings (SSSR count). The lowest BCUT2D eigenvalue weighted by Gasteiger charge is -2.44. The standard InChI is InChI=1S/C10H16O3/c11-9(12)10(8-6-13-7-8)4-2-1-3-5-10/h8H,1-7H2,(H,11,12). The van der Waals surface area contributed by atoms with Crippen molar-refractivity contribution in [3.63, 3.8) is 0 Å². The number of carbonyl (C=O) groups is 1. The summed E-state index contributed by atoms with van der Waals surface area (Å²) in [4.78, 5) is 11.3. The fourth-order valence-electron chi connectivity index (χ4n) is 2.53. The first kappa shape index (κ1) is 9.00. The molecule has 1 aliphatic carbocycles. The number of ether oxygens (including phenoxy) is 1. The summed E-state index contributed by atoms with van der Waals surface area (Å²) in [7, 11) is 0. The van der Waals surface area contributed by atoms with E-state index < -0.39 is 11.4 Å². The van der Waals surface area contributed by atoms with E-state index in [1.165, 1.54) is 6.42 Å². The maximum absolute atomic E-state index is 11.3. The zero-order chi connectivity index (χ0) is 9.31. The summed E-state index contributed by atoms with van der Waals surface area (Å²) < 4.78 is 5.10. The Morgan fingerprint density at radius 3 is 2.23 bits per heavy atom. The van der Waals surface area contributed by atoms with Crippen molar-refractivity contribution in [2.24, 2.45) is 11.3 Å². The Morgan fingerprint density at radius 2 is 1.85 bits per heavy atom. The molecule has 74 valence electrons. The quantitative estimate of drug-likeness (QED) is 0.710. The van der Waals surface area contributed by atoms with Gasteiger partial charge < -0.3 is 9.84 Å². The summed E-state index contributed by atoms with van der Waals surface area (Å²) in [6.45, 7) is 1.32. The van der Waals surface area contributed by atoms with E-state index in [-0.39, 0.29) is 5.92 Å². The Hall–Kier alpha value is -0.570. The Balaban J connectivity index is 2.12. The normalized spacial score (nSPS) is 28.0. The summed E-state index contributed by atoms with van der Waals surface area (Å²) in [5, 5.41) is 9.27. The fourth-order valence-corrected chi connectivity index (χ4v) is 2.53. The first-order valence-electron chi connectivity index (χ1n) is 5.07. The molecule has 0 bridgehead atoms. The van der Waals surface area contributed by atoms with Crippen LogP contribution < -0.4 is 0 Å². The van der Waals surface area contributed by atoms with Crippen LogP contribution in [-0.2, 0) is 9.53 Å². The van der Waals surface area contributed by atoms with Gasteiger partial charge in [0.1, 0.15) is 0 Å². The topological polar surface area (TPSA) is 46.5 Å². The van der Waals surface area contributed by atoms with Crippen LogP contribution >= 0.6 is 0 Å². The van der Waals surface area contributed by atoms with Gasteiger partial charge in [-0.15, -0.1) is 0 Å².